The maximum absolute atomic E-state index is 14.8. The fourth-order valence-electron chi connectivity index (χ4n) is 3.76. The van der Waals surface area contributed by atoms with Crippen molar-refractivity contribution in [3.05, 3.63) is 72.2 Å². The molecule has 37 heavy (non-hydrogen) atoms. The van der Waals surface area contributed by atoms with Crippen LogP contribution in [0.5, 0.6) is 5.75 Å². The molecule has 0 spiro atoms. The van der Waals surface area contributed by atoms with E-state index in [2.05, 4.69) is 24.0 Å². The molecule has 0 amide bonds. The van der Waals surface area contributed by atoms with Crippen LogP contribution in [0, 0.1) is 5.82 Å². The number of halogens is 4. The zero-order valence-electron chi connectivity index (χ0n) is 21.0. The van der Waals surface area contributed by atoms with Gasteiger partial charge in [-0.15, -0.1) is 0 Å². The monoisotopic (exact) mass is 517 g/mol. The molecular weight excluding hydrogens is 486 g/mol. The highest BCUT2D eigenvalue weighted by molar-refractivity contribution is 5.78. The molecule has 4 nitrogen and oxygen atoms in total. The topological polar surface area (TPSA) is 48.4 Å². The Kier molecular flexibility index (Phi) is 10.2. The number of carbonyl (C=O) groups is 1. The maximum Gasteiger partial charge on any atom is 0.425 e. The van der Waals surface area contributed by atoms with E-state index in [0.29, 0.717) is 18.4 Å². The van der Waals surface area contributed by atoms with E-state index in [0.717, 1.165) is 43.0 Å². The van der Waals surface area contributed by atoms with Crippen LogP contribution in [-0.2, 0) is 16.0 Å². The number of aryl methyl sites for hydroxylation is 1. The molecule has 3 rings (SSSR count). The molecule has 198 valence electrons. The minimum Gasteiger partial charge on any atom is -0.424 e. The third-order valence-electron chi connectivity index (χ3n) is 5.85. The Morgan fingerprint density at radius 2 is 1.62 bits per heavy atom. The van der Waals surface area contributed by atoms with Gasteiger partial charge in [0.05, 0.1) is 5.69 Å². The van der Waals surface area contributed by atoms with Crippen molar-refractivity contribution >= 4 is 5.97 Å². The molecular formula is C29H31F4NO3. The van der Waals surface area contributed by atoms with Crippen molar-refractivity contribution in [2.75, 3.05) is 6.61 Å². The minimum atomic E-state index is -4.94. The minimum absolute atomic E-state index is 0.178. The second-order valence-corrected chi connectivity index (χ2v) is 8.79. The van der Waals surface area contributed by atoms with Crippen molar-refractivity contribution in [1.82, 2.24) is 4.98 Å². The molecule has 8 heteroatoms. The Bertz CT molecular complexity index is 1150. The highest BCUT2D eigenvalue weighted by Crippen LogP contribution is 2.29. The lowest BCUT2D eigenvalue weighted by Crippen LogP contribution is -2.42. The lowest BCUT2D eigenvalue weighted by Gasteiger charge is -2.19. The number of unbranched alkanes of at least 4 members (excludes halogenated alkanes) is 3. The van der Waals surface area contributed by atoms with Gasteiger partial charge in [0.15, 0.2) is 0 Å². The van der Waals surface area contributed by atoms with Crippen LogP contribution < -0.4 is 4.74 Å². The van der Waals surface area contributed by atoms with Gasteiger partial charge in [-0.3, -0.25) is 4.98 Å². The van der Waals surface area contributed by atoms with Crippen molar-refractivity contribution in [3.8, 4) is 28.1 Å². The fourth-order valence-corrected chi connectivity index (χ4v) is 3.76. The van der Waals surface area contributed by atoms with Gasteiger partial charge < -0.3 is 9.47 Å². The van der Waals surface area contributed by atoms with Crippen molar-refractivity contribution < 1.29 is 31.8 Å². The first-order valence-electron chi connectivity index (χ1n) is 12.5. The van der Waals surface area contributed by atoms with Crippen LogP contribution in [0.25, 0.3) is 22.4 Å². The first-order chi connectivity index (χ1) is 17.7. The first-order valence-corrected chi connectivity index (χ1v) is 12.5. The van der Waals surface area contributed by atoms with Gasteiger partial charge in [0.1, 0.15) is 11.6 Å². The van der Waals surface area contributed by atoms with E-state index in [9.17, 15) is 22.4 Å². The van der Waals surface area contributed by atoms with Gasteiger partial charge in [0.2, 0.25) is 0 Å². The van der Waals surface area contributed by atoms with Gasteiger partial charge in [-0.05, 0) is 43.0 Å². The zero-order chi connectivity index (χ0) is 26.8. The number of rotatable bonds is 12. The molecule has 1 aromatic heterocycles. The van der Waals surface area contributed by atoms with E-state index in [4.69, 9.17) is 9.47 Å². The lowest BCUT2D eigenvalue weighted by molar-refractivity contribution is -0.225. The Hall–Kier alpha value is -3.26. The van der Waals surface area contributed by atoms with E-state index in [1.807, 2.05) is 19.1 Å². The quantitative estimate of drug-likeness (QED) is 0.106. The van der Waals surface area contributed by atoms with Crippen molar-refractivity contribution in [2.24, 2.45) is 0 Å². The summed E-state index contributed by atoms with van der Waals surface area (Å²) in [6.07, 6.45) is -1.01. The summed E-state index contributed by atoms with van der Waals surface area (Å²) in [6.45, 7) is 3.81. The van der Waals surface area contributed by atoms with Gasteiger partial charge in [-0.25, -0.2) is 9.18 Å². The molecule has 3 aromatic rings. The molecule has 0 aliphatic carbocycles. The Morgan fingerprint density at radius 1 is 0.919 bits per heavy atom. The standard InChI is InChI=1S/C29H31F4NO3/c1-3-5-7-17-36-27(29(31,32)33)28(35)37-23-14-15-24(25(30)18-23)22-13-16-26(34-19-22)21-11-9-20(10-12-21)8-6-4-2/h9-16,18-19,27H,3-8,17H2,1-2H3. The Balaban J connectivity index is 1.68. The van der Waals surface area contributed by atoms with Crippen LogP contribution in [0.3, 0.4) is 0 Å². The second kappa shape index (κ2) is 13.3. The zero-order valence-corrected chi connectivity index (χ0v) is 21.0. The van der Waals surface area contributed by atoms with E-state index in [1.165, 1.54) is 23.9 Å². The summed E-state index contributed by atoms with van der Waals surface area (Å²) in [5.41, 5.74) is 3.58. The summed E-state index contributed by atoms with van der Waals surface area (Å²) < 4.78 is 64.1. The van der Waals surface area contributed by atoms with E-state index in [1.54, 1.807) is 12.1 Å². The van der Waals surface area contributed by atoms with E-state index >= 15 is 0 Å². The van der Waals surface area contributed by atoms with Gasteiger partial charge in [0.25, 0.3) is 6.10 Å². The molecule has 0 saturated carbocycles. The predicted molar refractivity (Wildman–Crippen MR) is 135 cm³/mol. The average Bonchev–Trinajstić information content (AvgIpc) is 2.87. The summed E-state index contributed by atoms with van der Waals surface area (Å²) >= 11 is 0. The molecule has 1 heterocycles. The summed E-state index contributed by atoms with van der Waals surface area (Å²) in [4.78, 5) is 16.6. The van der Waals surface area contributed by atoms with Crippen LogP contribution in [-0.4, -0.2) is 29.8 Å². The number of pyridine rings is 1. The van der Waals surface area contributed by atoms with Crippen LogP contribution >= 0.6 is 0 Å². The molecule has 0 aliphatic heterocycles. The predicted octanol–water partition coefficient (Wildman–Crippen LogP) is 7.94. The molecule has 2 aromatic carbocycles. The van der Waals surface area contributed by atoms with Crippen LogP contribution in [0.1, 0.15) is 51.5 Å². The number of hydrogen-bond donors (Lipinski definition) is 0. The smallest absolute Gasteiger partial charge is 0.424 e. The third kappa shape index (κ3) is 8.12. The summed E-state index contributed by atoms with van der Waals surface area (Å²) in [5.74, 6) is -2.74. The number of hydrogen-bond acceptors (Lipinski definition) is 4. The van der Waals surface area contributed by atoms with Gasteiger partial charge >= 0.3 is 12.1 Å². The van der Waals surface area contributed by atoms with Crippen LogP contribution in [0.2, 0.25) is 0 Å². The first kappa shape index (κ1) is 28.3. The molecule has 0 saturated heterocycles. The van der Waals surface area contributed by atoms with Gasteiger partial charge in [-0.2, -0.15) is 13.2 Å². The molecule has 0 radical (unpaired) electrons. The molecule has 0 N–H and O–H groups in total. The lowest BCUT2D eigenvalue weighted by atomic mass is 10.0. The van der Waals surface area contributed by atoms with Gasteiger partial charge in [0, 0.05) is 35.6 Å². The van der Waals surface area contributed by atoms with Crippen molar-refractivity contribution in [2.45, 2.75) is 64.7 Å². The van der Waals surface area contributed by atoms with Crippen LogP contribution in [0.4, 0.5) is 17.6 Å². The molecule has 1 atom stereocenters. The maximum atomic E-state index is 14.8. The molecule has 1 unspecified atom stereocenters. The average molecular weight is 518 g/mol. The Labute approximate surface area is 214 Å². The number of alkyl halides is 3. The third-order valence-corrected chi connectivity index (χ3v) is 5.85. The largest absolute Gasteiger partial charge is 0.425 e. The summed E-state index contributed by atoms with van der Waals surface area (Å²) in [5, 5.41) is 0. The number of esters is 1. The number of carbonyl (C=O) groups excluding carboxylic acids is 1. The van der Waals surface area contributed by atoms with Gasteiger partial charge in [-0.1, -0.05) is 63.4 Å². The van der Waals surface area contributed by atoms with Crippen molar-refractivity contribution in [1.29, 1.82) is 0 Å². The number of aromatic nitrogens is 1. The van der Waals surface area contributed by atoms with E-state index in [-0.39, 0.29) is 17.9 Å². The SMILES string of the molecule is CCCCCOC(C(=O)Oc1ccc(-c2ccc(-c3ccc(CCCC)cc3)nc2)c(F)c1)C(F)(F)F. The summed E-state index contributed by atoms with van der Waals surface area (Å²) in [7, 11) is 0. The molecule has 0 fully saturated rings. The van der Waals surface area contributed by atoms with Crippen LogP contribution in [0.15, 0.2) is 60.8 Å². The number of benzene rings is 2. The molecule has 0 aliphatic rings. The highest BCUT2D eigenvalue weighted by atomic mass is 19.4. The summed E-state index contributed by atoms with van der Waals surface area (Å²) in [6, 6.07) is 15.1. The van der Waals surface area contributed by atoms with Crippen molar-refractivity contribution in [3.63, 3.8) is 0 Å². The normalized spacial score (nSPS) is 12.4. The Morgan fingerprint density at radius 3 is 2.22 bits per heavy atom. The van der Waals surface area contributed by atoms with E-state index < -0.39 is 24.1 Å². The molecule has 0 bridgehead atoms. The fraction of sp³-hybridized carbons (Fsp3) is 0.379. The number of ether oxygens (including phenoxy) is 2. The number of nitrogens with zero attached hydrogens (tertiary/aromatic N) is 1. The highest BCUT2D eigenvalue weighted by Gasteiger charge is 2.47. The second-order valence-electron chi connectivity index (χ2n) is 8.79.